The van der Waals surface area contributed by atoms with E-state index in [0.717, 1.165) is 36.1 Å². The number of ether oxygens (including phenoxy) is 1. The number of fused-ring (bicyclic) bond motifs is 1. The molecule has 1 aliphatic rings. The Morgan fingerprint density at radius 2 is 2.07 bits per heavy atom. The molecule has 2 N–H and O–H groups in total. The van der Waals surface area contributed by atoms with Crippen molar-refractivity contribution >= 4 is 57.8 Å². The van der Waals surface area contributed by atoms with Gasteiger partial charge in [0.25, 0.3) is 0 Å². The molecule has 1 heterocycles. The highest BCUT2D eigenvalue weighted by Crippen LogP contribution is 2.38. The van der Waals surface area contributed by atoms with E-state index in [1.54, 1.807) is 25.1 Å². The molecule has 9 heteroatoms. The average molecular weight is 440 g/mol. The monoisotopic (exact) mass is 439 g/mol. The third kappa shape index (κ3) is 4.84. The minimum atomic E-state index is -0.550. The quantitative estimate of drug-likeness (QED) is 0.378. The number of anilines is 1. The fraction of sp³-hybridized carbons (Fsp3) is 0.316. The fourth-order valence-corrected chi connectivity index (χ4v) is 4.70. The van der Waals surface area contributed by atoms with Gasteiger partial charge in [-0.2, -0.15) is 5.10 Å². The molecule has 0 fully saturated rings. The molecule has 0 atom stereocenters. The van der Waals surface area contributed by atoms with Crippen LogP contribution < -0.4 is 10.7 Å². The first-order chi connectivity index (χ1) is 13.5. The van der Waals surface area contributed by atoms with E-state index in [1.807, 2.05) is 0 Å². The molecule has 0 saturated carbocycles. The Morgan fingerprint density at radius 3 is 2.82 bits per heavy atom. The zero-order chi connectivity index (χ0) is 20.1. The highest BCUT2D eigenvalue weighted by molar-refractivity contribution is 7.17. The summed E-state index contributed by atoms with van der Waals surface area (Å²) >= 11 is 13.3. The number of nitrogens with one attached hydrogen (secondary N) is 2. The molecular formula is C19H19Cl2N3O3S. The Balaban J connectivity index is 1.72. The second-order valence-electron chi connectivity index (χ2n) is 6.13. The lowest BCUT2D eigenvalue weighted by molar-refractivity contribution is 0.0526. The summed E-state index contributed by atoms with van der Waals surface area (Å²) in [4.78, 5) is 25.8. The van der Waals surface area contributed by atoms with E-state index < -0.39 is 12.0 Å². The highest BCUT2D eigenvalue weighted by Gasteiger charge is 2.27. The molecule has 3 rings (SSSR count). The number of urea groups is 1. The third-order valence-electron chi connectivity index (χ3n) is 4.21. The lowest BCUT2D eigenvalue weighted by Crippen LogP contribution is -2.25. The van der Waals surface area contributed by atoms with Crippen LogP contribution in [0.1, 0.15) is 46.1 Å². The molecule has 1 aromatic carbocycles. The van der Waals surface area contributed by atoms with Crippen molar-refractivity contribution in [3.63, 3.8) is 0 Å². The molecular weight excluding hydrogens is 421 g/mol. The van der Waals surface area contributed by atoms with E-state index in [-0.39, 0.29) is 6.61 Å². The molecule has 148 valence electrons. The Morgan fingerprint density at radius 1 is 1.29 bits per heavy atom. The van der Waals surface area contributed by atoms with Gasteiger partial charge in [-0.25, -0.2) is 15.0 Å². The maximum absolute atomic E-state index is 12.4. The van der Waals surface area contributed by atoms with E-state index in [1.165, 1.54) is 17.6 Å². The number of amides is 2. The third-order valence-corrected chi connectivity index (χ3v) is 5.98. The largest absolute Gasteiger partial charge is 0.462 e. The standard InChI is InChI=1S/C19H19Cl2N3O3S/c1-2-27-18(25)16-13-5-3-4-6-15(13)28-17(16)23-19(26)24-22-10-11-7-8-12(20)9-14(11)21/h7-10H,2-6H2,1H3,(H2,23,24,26). The number of halogens is 2. The number of hydrogen-bond acceptors (Lipinski definition) is 5. The normalized spacial score (nSPS) is 13.2. The van der Waals surface area contributed by atoms with Crippen LogP contribution in [0.25, 0.3) is 0 Å². The molecule has 0 aliphatic heterocycles. The maximum atomic E-state index is 12.4. The van der Waals surface area contributed by atoms with Crippen LogP contribution in [0.5, 0.6) is 0 Å². The van der Waals surface area contributed by atoms with Crippen LogP contribution >= 0.6 is 34.5 Å². The number of carbonyl (C=O) groups excluding carboxylic acids is 2. The number of benzene rings is 1. The number of aryl methyl sites for hydroxylation is 1. The molecule has 6 nitrogen and oxygen atoms in total. The minimum Gasteiger partial charge on any atom is -0.462 e. The summed E-state index contributed by atoms with van der Waals surface area (Å²) in [6.45, 7) is 2.04. The number of hydrazone groups is 1. The van der Waals surface area contributed by atoms with Gasteiger partial charge >= 0.3 is 12.0 Å². The van der Waals surface area contributed by atoms with Gasteiger partial charge in [0.1, 0.15) is 5.00 Å². The predicted molar refractivity (Wildman–Crippen MR) is 113 cm³/mol. The second-order valence-corrected chi connectivity index (χ2v) is 8.07. The molecule has 2 amide bonds. The number of rotatable bonds is 5. The summed E-state index contributed by atoms with van der Waals surface area (Å²) in [7, 11) is 0. The van der Waals surface area contributed by atoms with E-state index in [0.29, 0.717) is 26.2 Å². The van der Waals surface area contributed by atoms with Crippen LogP contribution in [-0.2, 0) is 17.6 Å². The van der Waals surface area contributed by atoms with Crippen molar-refractivity contribution in [3.05, 3.63) is 49.8 Å². The van der Waals surface area contributed by atoms with Gasteiger partial charge in [-0.05, 0) is 50.3 Å². The number of carbonyl (C=O) groups is 2. The Kier molecular flexibility index (Phi) is 6.93. The SMILES string of the molecule is CCOC(=O)c1c(NC(=O)NN=Cc2ccc(Cl)cc2Cl)sc2c1CCCC2. The number of esters is 1. The molecule has 1 aliphatic carbocycles. The summed E-state index contributed by atoms with van der Waals surface area (Å²) < 4.78 is 5.18. The van der Waals surface area contributed by atoms with Crippen LogP contribution in [0.3, 0.4) is 0 Å². The fourth-order valence-electron chi connectivity index (χ4n) is 2.97. The van der Waals surface area contributed by atoms with Crippen molar-refractivity contribution < 1.29 is 14.3 Å². The van der Waals surface area contributed by atoms with Crippen molar-refractivity contribution in [2.75, 3.05) is 11.9 Å². The smallest absolute Gasteiger partial charge is 0.341 e. The molecule has 0 radical (unpaired) electrons. The first-order valence-electron chi connectivity index (χ1n) is 8.86. The van der Waals surface area contributed by atoms with Crippen LogP contribution in [0.15, 0.2) is 23.3 Å². The van der Waals surface area contributed by atoms with Gasteiger partial charge in [0, 0.05) is 15.5 Å². The van der Waals surface area contributed by atoms with Gasteiger partial charge in [0.2, 0.25) is 0 Å². The summed E-state index contributed by atoms with van der Waals surface area (Å²) in [5, 5.41) is 8.04. The lowest BCUT2D eigenvalue weighted by atomic mass is 9.95. The van der Waals surface area contributed by atoms with Crippen LogP contribution in [0.2, 0.25) is 10.0 Å². The second kappa shape index (κ2) is 9.41. The molecule has 0 saturated heterocycles. The topological polar surface area (TPSA) is 79.8 Å². The first kappa shape index (κ1) is 20.6. The maximum Gasteiger partial charge on any atom is 0.341 e. The van der Waals surface area contributed by atoms with E-state index in [2.05, 4.69) is 15.8 Å². The Bertz CT molecular complexity index is 927. The lowest BCUT2D eigenvalue weighted by Gasteiger charge is -2.12. The first-order valence-corrected chi connectivity index (χ1v) is 10.4. The highest BCUT2D eigenvalue weighted by atomic mass is 35.5. The molecule has 0 unspecified atom stereocenters. The van der Waals surface area contributed by atoms with Crippen LogP contribution in [0, 0.1) is 0 Å². The van der Waals surface area contributed by atoms with Crippen molar-refractivity contribution in [2.45, 2.75) is 32.6 Å². The molecule has 0 spiro atoms. The zero-order valence-corrected chi connectivity index (χ0v) is 17.5. The molecule has 28 heavy (non-hydrogen) atoms. The molecule has 0 bridgehead atoms. The Labute approximate surface area is 176 Å². The van der Waals surface area contributed by atoms with Crippen molar-refractivity contribution in [1.29, 1.82) is 0 Å². The van der Waals surface area contributed by atoms with Gasteiger partial charge in [-0.3, -0.25) is 5.32 Å². The van der Waals surface area contributed by atoms with Gasteiger partial charge in [0.15, 0.2) is 0 Å². The minimum absolute atomic E-state index is 0.279. The number of thiophene rings is 1. The van der Waals surface area contributed by atoms with E-state index in [4.69, 9.17) is 27.9 Å². The number of hydrogen-bond donors (Lipinski definition) is 2. The predicted octanol–water partition coefficient (Wildman–Crippen LogP) is 5.27. The van der Waals surface area contributed by atoms with Gasteiger partial charge in [0.05, 0.1) is 23.4 Å². The van der Waals surface area contributed by atoms with Crippen molar-refractivity contribution in [2.24, 2.45) is 5.10 Å². The summed E-state index contributed by atoms with van der Waals surface area (Å²) in [6, 6.07) is 4.41. The van der Waals surface area contributed by atoms with Crippen molar-refractivity contribution in [1.82, 2.24) is 5.43 Å². The van der Waals surface area contributed by atoms with Gasteiger partial charge in [-0.1, -0.05) is 29.3 Å². The summed E-state index contributed by atoms with van der Waals surface area (Å²) in [5.74, 6) is -0.409. The summed E-state index contributed by atoms with van der Waals surface area (Å²) in [5.41, 5.74) is 4.45. The molecule has 1 aromatic heterocycles. The van der Waals surface area contributed by atoms with Crippen molar-refractivity contribution in [3.8, 4) is 0 Å². The van der Waals surface area contributed by atoms with E-state index >= 15 is 0 Å². The van der Waals surface area contributed by atoms with Crippen LogP contribution in [0.4, 0.5) is 9.80 Å². The average Bonchev–Trinajstić information content (AvgIpc) is 3.01. The van der Waals surface area contributed by atoms with Crippen LogP contribution in [-0.4, -0.2) is 24.8 Å². The summed E-state index contributed by atoms with van der Waals surface area (Å²) in [6.07, 6.45) is 5.24. The van der Waals surface area contributed by atoms with Gasteiger partial charge < -0.3 is 4.74 Å². The number of nitrogens with zero attached hydrogens (tertiary/aromatic N) is 1. The zero-order valence-electron chi connectivity index (χ0n) is 15.2. The molecule has 2 aromatic rings. The Hall–Kier alpha value is -2.09. The van der Waals surface area contributed by atoms with Gasteiger partial charge in [-0.15, -0.1) is 11.3 Å². The van der Waals surface area contributed by atoms with E-state index in [9.17, 15) is 9.59 Å².